The Kier molecular flexibility index (Phi) is 7.38. The molecule has 7 nitrogen and oxygen atoms in total. The van der Waals surface area contributed by atoms with E-state index in [1.165, 1.54) is 11.1 Å². The molecule has 0 radical (unpaired) electrons. The molecule has 37 heavy (non-hydrogen) atoms. The summed E-state index contributed by atoms with van der Waals surface area (Å²) in [6.07, 6.45) is 9.23. The summed E-state index contributed by atoms with van der Waals surface area (Å²) in [5.74, 6) is 3.65. The second-order valence-corrected chi connectivity index (χ2v) is 9.85. The molecule has 0 unspecified atom stereocenters. The zero-order valence-electron chi connectivity index (χ0n) is 21.7. The number of terminal acetylenes is 1. The number of anilines is 2. The van der Waals surface area contributed by atoms with Crippen LogP contribution in [-0.2, 0) is 6.54 Å². The molecule has 2 saturated heterocycles. The maximum absolute atomic E-state index is 13.5. The van der Waals surface area contributed by atoms with E-state index in [1.54, 1.807) is 12.4 Å². The zero-order chi connectivity index (χ0) is 25.8. The molecule has 1 aromatic heterocycles. The molecule has 1 amide bonds. The van der Waals surface area contributed by atoms with Crippen molar-refractivity contribution in [3.63, 3.8) is 0 Å². The lowest BCUT2D eigenvalue weighted by molar-refractivity contribution is 0.0745. The molecule has 2 aliphatic heterocycles. The standard InChI is InChI=1S/C30H34N6O/c1-4-25-8-5-6-9-28(25)34-14-12-33(13-15-34)22-26-21-27(24(3)20-23(26)2)29(37)35-16-18-36(19-17-35)30-31-10-7-11-32-30/h1,5-11,20-21H,12-19,22H2,2-3H3. The lowest BCUT2D eigenvalue weighted by atomic mass is 9.98. The van der Waals surface area contributed by atoms with Gasteiger partial charge in [0.2, 0.25) is 5.95 Å². The van der Waals surface area contributed by atoms with Crippen LogP contribution in [0.2, 0.25) is 0 Å². The minimum absolute atomic E-state index is 0.114. The molecule has 0 atom stereocenters. The average molecular weight is 495 g/mol. The molecule has 0 aliphatic carbocycles. The van der Waals surface area contributed by atoms with Crippen molar-refractivity contribution in [1.82, 2.24) is 19.8 Å². The summed E-state index contributed by atoms with van der Waals surface area (Å²) in [5.41, 5.74) is 6.40. The van der Waals surface area contributed by atoms with Crippen LogP contribution in [0.1, 0.15) is 32.6 Å². The number of benzene rings is 2. The molecule has 2 fully saturated rings. The van der Waals surface area contributed by atoms with Crippen LogP contribution in [0.4, 0.5) is 11.6 Å². The van der Waals surface area contributed by atoms with E-state index in [0.29, 0.717) is 13.1 Å². The number of hydrogen-bond donors (Lipinski definition) is 0. The number of nitrogens with zero attached hydrogens (tertiary/aromatic N) is 6. The van der Waals surface area contributed by atoms with Crippen LogP contribution < -0.4 is 9.80 Å². The Labute approximate surface area is 219 Å². The predicted molar refractivity (Wildman–Crippen MR) is 148 cm³/mol. The number of piperazine rings is 2. The van der Waals surface area contributed by atoms with E-state index in [0.717, 1.165) is 74.1 Å². The highest BCUT2D eigenvalue weighted by Crippen LogP contribution is 2.24. The number of rotatable bonds is 5. The lowest BCUT2D eigenvalue weighted by Crippen LogP contribution is -2.49. The molecule has 7 heteroatoms. The van der Waals surface area contributed by atoms with E-state index < -0.39 is 0 Å². The van der Waals surface area contributed by atoms with Crippen LogP contribution >= 0.6 is 0 Å². The normalized spacial score (nSPS) is 16.5. The Hall–Kier alpha value is -3.89. The number of para-hydroxylation sites is 1. The third-order valence-electron chi connectivity index (χ3n) is 7.48. The Balaban J connectivity index is 1.22. The molecule has 0 spiro atoms. The minimum atomic E-state index is 0.114. The molecule has 0 saturated carbocycles. The fourth-order valence-electron chi connectivity index (χ4n) is 5.29. The third kappa shape index (κ3) is 5.45. The second kappa shape index (κ2) is 11.0. The quantitative estimate of drug-likeness (QED) is 0.507. The summed E-state index contributed by atoms with van der Waals surface area (Å²) in [5, 5.41) is 0. The fraction of sp³-hybridized carbons (Fsp3) is 0.367. The van der Waals surface area contributed by atoms with Crippen molar-refractivity contribution in [1.29, 1.82) is 0 Å². The molecule has 3 heterocycles. The first-order valence-electron chi connectivity index (χ1n) is 13.0. The molecule has 190 valence electrons. The van der Waals surface area contributed by atoms with Gasteiger partial charge in [0.25, 0.3) is 5.91 Å². The van der Waals surface area contributed by atoms with E-state index in [1.807, 2.05) is 36.1 Å². The van der Waals surface area contributed by atoms with Gasteiger partial charge >= 0.3 is 0 Å². The van der Waals surface area contributed by atoms with Gasteiger partial charge in [0.15, 0.2) is 0 Å². The van der Waals surface area contributed by atoms with E-state index in [-0.39, 0.29) is 5.91 Å². The van der Waals surface area contributed by atoms with Crippen molar-refractivity contribution in [3.8, 4) is 12.3 Å². The smallest absolute Gasteiger partial charge is 0.254 e. The first kappa shape index (κ1) is 24.8. The molecule has 2 aliphatic rings. The zero-order valence-corrected chi connectivity index (χ0v) is 21.7. The monoisotopic (exact) mass is 494 g/mol. The highest BCUT2D eigenvalue weighted by molar-refractivity contribution is 5.96. The van der Waals surface area contributed by atoms with Gasteiger partial charge in [-0.25, -0.2) is 9.97 Å². The van der Waals surface area contributed by atoms with Crippen LogP contribution in [-0.4, -0.2) is 78.0 Å². The van der Waals surface area contributed by atoms with E-state index in [2.05, 4.69) is 55.7 Å². The van der Waals surface area contributed by atoms with Crippen molar-refractivity contribution in [2.75, 3.05) is 62.2 Å². The summed E-state index contributed by atoms with van der Waals surface area (Å²) >= 11 is 0. The van der Waals surface area contributed by atoms with Gasteiger partial charge < -0.3 is 14.7 Å². The molecule has 3 aromatic rings. The van der Waals surface area contributed by atoms with Crippen molar-refractivity contribution in [2.45, 2.75) is 20.4 Å². The third-order valence-corrected chi connectivity index (χ3v) is 7.48. The van der Waals surface area contributed by atoms with Crippen LogP contribution in [0.15, 0.2) is 54.9 Å². The second-order valence-electron chi connectivity index (χ2n) is 9.85. The summed E-state index contributed by atoms with van der Waals surface area (Å²) in [6, 6.07) is 14.3. The summed E-state index contributed by atoms with van der Waals surface area (Å²) < 4.78 is 0. The van der Waals surface area contributed by atoms with Crippen molar-refractivity contribution >= 4 is 17.5 Å². The van der Waals surface area contributed by atoms with Gasteiger partial charge in [0.05, 0.1) is 5.69 Å². The Morgan fingerprint density at radius 2 is 1.54 bits per heavy atom. The van der Waals surface area contributed by atoms with Crippen LogP contribution in [0, 0.1) is 26.2 Å². The summed E-state index contributed by atoms with van der Waals surface area (Å²) in [4.78, 5) is 31.2. The number of amides is 1. The number of carbonyl (C=O) groups is 1. The van der Waals surface area contributed by atoms with E-state index in [9.17, 15) is 4.79 Å². The number of aromatic nitrogens is 2. The van der Waals surface area contributed by atoms with E-state index >= 15 is 0 Å². The lowest BCUT2D eigenvalue weighted by Gasteiger charge is -2.37. The van der Waals surface area contributed by atoms with Crippen molar-refractivity contribution in [2.24, 2.45) is 0 Å². The first-order chi connectivity index (χ1) is 18.0. The van der Waals surface area contributed by atoms with E-state index in [4.69, 9.17) is 6.42 Å². The maximum atomic E-state index is 13.5. The largest absolute Gasteiger partial charge is 0.368 e. The highest BCUT2D eigenvalue weighted by atomic mass is 16.2. The van der Waals surface area contributed by atoms with Gasteiger partial charge in [-0.1, -0.05) is 24.1 Å². The van der Waals surface area contributed by atoms with Gasteiger partial charge in [-0.3, -0.25) is 9.69 Å². The molecule has 0 N–H and O–H groups in total. The Bertz CT molecular complexity index is 1290. The maximum Gasteiger partial charge on any atom is 0.254 e. The molecular formula is C30H34N6O. The van der Waals surface area contributed by atoms with Gasteiger partial charge in [-0.15, -0.1) is 6.42 Å². The summed E-state index contributed by atoms with van der Waals surface area (Å²) in [7, 11) is 0. The summed E-state index contributed by atoms with van der Waals surface area (Å²) in [6.45, 7) is 11.6. The van der Waals surface area contributed by atoms with Crippen molar-refractivity contribution < 1.29 is 4.79 Å². The Morgan fingerprint density at radius 1 is 0.865 bits per heavy atom. The molecule has 5 rings (SSSR count). The fourth-order valence-corrected chi connectivity index (χ4v) is 5.29. The van der Waals surface area contributed by atoms with Crippen LogP contribution in [0.25, 0.3) is 0 Å². The van der Waals surface area contributed by atoms with Gasteiger partial charge in [0.1, 0.15) is 0 Å². The average Bonchev–Trinajstić information content (AvgIpc) is 2.95. The number of carbonyl (C=O) groups excluding carboxylic acids is 1. The molecule has 0 bridgehead atoms. The van der Waals surface area contributed by atoms with Crippen LogP contribution in [0.3, 0.4) is 0 Å². The SMILES string of the molecule is C#Cc1ccccc1N1CCN(Cc2cc(C(=O)N3CCN(c4ncccn4)CC3)c(C)cc2C)CC1. The Morgan fingerprint density at radius 3 is 2.24 bits per heavy atom. The first-order valence-corrected chi connectivity index (χ1v) is 13.0. The van der Waals surface area contributed by atoms with Gasteiger partial charge in [-0.05, 0) is 54.8 Å². The highest BCUT2D eigenvalue weighted by Gasteiger charge is 2.25. The molecule has 2 aromatic carbocycles. The molecular weight excluding hydrogens is 460 g/mol. The topological polar surface area (TPSA) is 55.8 Å². The van der Waals surface area contributed by atoms with Gasteiger partial charge in [0, 0.05) is 82.4 Å². The van der Waals surface area contributed by atoms with Crippen LogP contribution in [0.5, 0.6) is 0 Å². The minimum Gasteiger partial charge on any atom is -0.368 e. The van der Waals surface area contributed by atoms with Crippen molar-refractivity contribution in [3.05, 3.63) is 82.7 Å². The van der Waals surface area contributed by atoms with Gasteiger partial charge in [-0.2, -0.15) is 0 Å². The predicted octanol–water partition coefficient (Wildman–Crippen LogP) is 3.36. The number of hydrogen-bond acceptors (Lipinski definition) is 6. The number of aryl methyl sites for hydroxylation is 2.